The van der Waals surface area contributed by atoms with Gasteiger partial charge in [0.1, 0.15) is 0 Å². The molecule has 0 aliphatic heterocycles. The van der Waals surface area contributed by atoms with Crippen LogP contribution in [0.4, 0.5) is 0 Å². The van der Waals surface area contributed by atoms with E-state index in [2.05, 4.69) is 6.92 Å². The van der Waals surface area contributed by atoms with Crippen LogP contribution in [0, 0.1) is 0 Å². The maximum Gasteiger partial charge on any atom is 0.155 e. The molecule has 2 heteroatoms. The minimum Gasteiger partial charge on any atom is -0.498 e. The Bertz CT molecular complexity index is 294. The number of carbonyl (C=O) groups excluding carboxylic acids is 1. The lowest BCUT2D eigenvalue weighted by Crippen LogP contribution is -1.95. The summed E-state index contributed by atoms with van der Waals surface area (Å²) in [6, 6.07) is 0. The maximum atomic E-state index is 10.9. The molecule has 0 aliphatic carbocycles. The van der Waals surface area contributed by atoms with Gasteiger partial charge in [0.25, 0.3) is 0 Å². The van der Waals surface area contributed by atoms with Gasteiger partial charge in [-0.1, -0.05) is 90.4 Å². The van der Waals surface area contributed by atoms with E-state index < -0.39 is 0 Å². The summed E-state index contributed by atoms with van der Waals surface area (Å²) in [5.74, 6) is 0.802. The van der Waals surface area contributed by atoms with E-state index in [0.29, 0.717) is 0 Å². The molecule has 0 aromatic carbocycles. The van der Waals surface area contributed by atoms with Crippen LogP contribution in [0.1, 0.15) is 111 Å². The van der Waals surface area contributed by atoms with E-state index in [-0.39, 0.29) is 5.78 Å². The Morgan fingerprint density at radius 2 is 1.09 bits per heavy atom. The zero-order valence-electron chi connectivity index (χ0n) is 16.0. The van der Waals surface area contributed by atoms with Gasteiger partial charge in [0.15, 0.2) is 5.78 Å². The van der Waals surface area contributed by atoms with Crippen LogP contribution in [0.25, 0.3) is 0 Å². The summed E-state index contributed by atoms with van der Waals surface area (Å²) in [5, 5.41) is 0. The van der Waals surface area contributed by atoms with Crippen LogP contribution in [-0.2, 0) is 9.53 Å². The van der Waals surface area contributed by atoms with E-state index in [1.54, 1.807) is 13.0 Å². The van der Waals surface area contributed by atoms with Crippen LogP contribution in [0.3, 0.4) is 0 Å². The van der Waals surface area contributed by atoms with Gasteiger partial charge in [0.05, 0.1) is 12.4 Å². The van der Waals surface area contributed by atoms with Crippen molar-refractivity contribution in [3.8, 4) is 0 Å². The van der Waals surface area contributed by atoms with Crippen LogP contribution in [-0.4, -0.2) is 12.4 Å². The highest BCUT2D eigenvalue weighted by Gasteiger charge is 1.96. The Morgan fingerprint density at radius 1 is 0.696 bits per heavy atom. The second-order valence-corrected chi connectivity index (χ2v) is 6.81. The lowest BCUT2D eigenvalue weighted by Gasteiger charge is -2.06. The number of unbranched alkanes of at least 4 members (excludes halogenated alkanes) is 13. The number of hydrogen-bond acceptors (Lipinski definition) is 2. The molecule has 2 nitrogen and oxygen atoms in total. The Kier molecular flexibility index (Phi) is 17.0. The second kappa shape index (κ2) is 17.6. The van der Waals surface area contributed by atoms with Crippen LogP contribution in [0.5, 0.6) is 0 Å². The molecule has 0 saturated carbocycles. The Labute approximate surface area is 145 Å². The molecule has 0 N–H and O–H groups in total. The first-order chi connectivity index (χ1) is 11.2. The molecule has 0 aliphatic rings. The molecule has 0 unspecified atom stereocenters. The lowest BCUT2D eigenvalue weighted by molar-refractivity contribution is -0.112. The maximum absolute atomic E-state index is 10.9. The van der Waals surface area contributed by atoms with Crippen LogP contribution in [0.15, 0.2) is 11.8 Å². The predicted molar refractivity (Wildman–Crippen MR) is 101 cm³/mol. The third kappa shape index (κ3) is 19.2. The standard InChI is InChI=1S/C21H40O2/c1-4-5-6-7-8-9-10-11-12-13-14-15-16-17-18-23-21(3)19-20(2)22/h19H,4-18H2,1-3H3/b21-19-. The summed E-state index contributed by atoms with van der Waals surface area (Å²) in [7, 11) is 0. The van der Waals surface area contributed by atoms with Gasteiger partial charge in [-0.3, -0.25) is 4.79 Å². The number of allylic oxidation sites excluding steroid dienone is 2. The number of carbonyl (C=O) groups is 1. The van der Waals surface area contributed by atoms with E-state index in [1.807, 2.05) is 6.92 Å². The van der Waals surface area contributed by atoms with Gasteiger partial charge in [0, 0.05) is 6.08 Å². The monoisotopic (exact) mass is 324 g/mol. The Hall–Kier alpha value is -0.790. The van der Waals surface area contributed by atoms with Crippen molar-refractivity contribution in [2.45, 2.75) is 111 Å². The first-order valence-electron chi connectivity index (χ1n) is 9.98. The normalized spacial score (nSPS) is 11.7. The van der Waals surface area contributed by atoms with Gasteiger partial charge in [-0.2, -0.15) is 0 Å². The van der Waals surface area contributed by atoms with Crippen molar-refractivity contribution in [3.05, 3.63) is 11.8 Å². The summed E-state index contributed by atoms with van der Waals surface area (Å²) >= 11 is 0. The van der Waals surface area contributed by atoms with Crippen LogP contribution >= 0.6 is 0 Å². The molecular weight excluding hydrogens is 284 g/mol. The number of ether oxygens (including phenoxy) is 1. The largest absolute Gasteiger partial charge is 0.498 e. The van der Waals surface area contributed by atoms with Crippen molar-refractivity contribution >= 4 is 5.78 Å². The zero-order valence-corrected chi connectivity index (χ0v) is 16.0. The van der Waals surface area contributed by atoms with Crippen LogP contribution in [0.2, 0.25) is 0 Å². The molecule has 0 saturated heterocycles. The number of hydrogen-bond donors (Lipinski definition) is 0. The van der Waals surface area contributed by atoms with Gasteiger partial charge < -0.3 is 4.74 Å². The Balaban J connectivity index is 3.12. The van der Waals surface area contributed by atoms with Crippen molar-refractivity contribution in [2.75, 3.05) is 6.61 Å². The van der Waals surface area contributed by atoms with Crippen molar-refractivity contribution < 1.29 is 9.53 Å². The second-order valence-electron chi connectivity index (χ2n) is 6.81. The average molecular weight is 325 g/mol. The average Bonchev–Trinajstić information content (AvgIpc) is 2.50. The number of rotatable bonds is 17. The highest BCUT2D eigenvalue weighted by Crippen LogP contribution is 2.13. The molecule has 0 atom stereocenters. The summed E-state index contributed by atoms with van der Waals surface area (Å²) in [4.78, 5) is 10.9. The summed E-state index contributed by atoms with van der Waals surface area (Å²) in [6.07, 6.45) is 20.7. The molecule has 0 fully saturated rings. The van der Waals surface area contributed by atoms with Crippen molar-refractivity contribution in [3.63, 3.8) is 0 Å². The van der Waals surface area contributed by atoms with E-state index in [1.165, 1.54) is 83.5 Å². The molecule has 0 amide bonds. The topological polar surface area (TPSA) is 26.3 Å². The predicted octanol–water partition coefficient (Wildman–Crippen LogP) is 6.98. The molecule has 0 aromatic heterocycles. The lowest BCUT2D eigenvalue weighted by atomic mass is 10.0. The van der Waals surface area contributed by atoms with E-state index in [0.717, 1.165) is 18.8 Å². The first kappa shape index (κ1) is 22.2. The summed E-state index contributed by atoms with van der Waals surface area (Å²) in [6.45, 7) is 6.43. The van der Waals surface area contributed by atoms with E-state index in [4.69, 9.17) is 4.74 Å². The summed E-state index contributed by atoms with van der Waals surface area (Å²) in [5.41, 5.74) is 0. The fraction of sp³-hybridized carbons (Fsp3) is 0.857. The first-order valence-corrected chi connectivity index (χ1v) is 9.98. The molecule has 0 heterocycles. The Morgan fingerprint density at radius 3 is 1.48 bits per heavy atom. The molecule has 0 bridgehead atoms. The number of ketones is 1. The minimum atomic E-state index is 0.0588. The molecule has 0 aromatic rings. The third-order valence-electron chi connectivity index (χ3n) is 4.23. The highest BCUT2D eigenvalue weighted by molar-refractivity contribution is 5.87. The molecule has 0 rings (SSSR count). The quantitative estimate of drug-likeness (QED) is 0.164. The van der Waals surface area contributed by atoms with Gasteiger partial charge in [-0.25, -0.2) is 0 Å². The summed E-state index contributed by atoms with van der Waals surface area (Å²) < 4.78 is 5.50. The molecule has 23 heavy (non-hydrogen) atoms. The van der Waals surface area contributed by atoms with Crippen molar-refractivity contribution in [1.82, 2.24) is 0 Å². The molecular formula is C21H40O2. The van der Waals surface area contributed by atoms with Gasteiger partial charge >= 0.3 is 0 Å². The minimum absolute atomic E-state index is 0.0588. The fourth-order valence-corrected chi connectivity index (χ4v) is 2.86. The van der Waals surface area contributed by atoms with E-state index >= 15 is 0 Å². The van der Waals surface area contributed by atoms with Crippen molar-refractivity contribution in [2.24, 2.45) is 0 Å². The fourth-order valence-electron chi connectivity index (χ4n) is 2.86. The molecule has 136 valence electrons. The molecule has 0 spiro atoms. The molecule has 0 radical (unpaired) electrons. The van der Waals surface area contributed by atoms with Crippen molar-refractivity contribution in [1.29, 1.82) is 0 Å². The highest BCUT2D eigenvalue weighted by atomic mass is 16.5. The van der Waals surface area contributed by atoms with Gasteiger partial charge in [-0.15, -0.1) is 0 Å². The van der Waals surface area contributed by atoms with E-state index in [9.17, 15) is 4.79 Å². The van der Waals surface area contributed by atoms with Crippen LogP contribution < -0.4 is 0 Å². The third-order valence-corrected chi connectivity index (χ3v) is 4.23. The van der Waals surface area contributed by atoms with Gasteiger partial charge in [-0.05, 0) is 20.3 Å². The zero-order chi connectivity index (χ0) is 17.2. The smallest absolute Gasteiger partial charge is 0.155 e. The SMILES string of the molecule is CCCCCCCCCCCCCCCCO/C(C)=C\C(C)=O. The van der Waals surface area contributed by atoms with Gasteiger partial charge in [0.2, 0.25) is 0 Å².